The zero-order valence-electron chi connectivity index (χ0n) is 21.5. The molecule has 2 aliphatic heterocycles. The number of ether oxygens (including phenoxy) is 1. The van der Waals surface area contributed by atoms with Crippen molar-refractivity contribution < 1.29 is 27.5 Å². The Morgan fingerprint density at radius 1 is 1.06 bits per heavy atom. The topological polar surface area (TPSA) is 54.4 Å². The lowest BCUT2D eigenvalue weighted by atomic mass is 9.82. The number of rotatable bonds is 5. The fourth-order valence-corrected chi connectivity index (χ4v) is 4.83. The largest absolute Gasteiger partial charge is 0.444 e. The molecule has 0 N–H and O–H groups in total. The second-order valence-electron chi connectivity index (χ2n) is 10.7. The fourth-order valence-electron chi connectivity index (χ4n) is 4.83. The number of carbonyl (C=O) groups excluding carboxylic acids is 1. The Morgan fingerprint density at radius 3 is 2.11 bits per heavy atom. The summed E-state index contributed by atoms with van der Waals surface area (Å²) in [5.41, 5.74) is 0.201. The van der Waals surface area contributed by atoms with E-state index >= 15 is 0 Å². The maximum atomic E-state index is 13.0. The molecule has 35 heavy (non-hydrogen) atoms. The number of hydrogen-bond acceptors (Lipinski definition) is 5. The van der Waals surface area contributed by atoms with Crippen LogP contribution in [0.25, 0.3) is 0 Å². The molecule has 9 heteroatoms. The van der Waals surface area contributed by atoms with Crippen LogP contribution in [0.5, 0.6) is 0 Å². The van der Waals surface area contributed by atoms with Gasteiger partial charge in [0.25, 0.3) is 0 Å². The average molecular weight is 498 g/mol. The van der Waals surface area contributed by atoms with E-state index in [2.05, 4.69) is 17.0 Å². The molecule has 0 unspecified atom stereocenters. The van der Waals surface area contributed by atoms with Crippen molar-refractivity contribution in [3.8, 4) is 0 Å². The summed E-state index contributed by atoms with van der Waals surface area (Å²) in [6, 6.07) is 5.18. The van der Waals surface area contributed by atoms with Gasteiger partial charge in [-0.15, -0.1) is 0 Å². The SMILES string of the molecule is CCO/N=C(/c1ccc(C(F)(F)F)cc1)C1CCN(C2(C)CCN(C(=O)OC(C)(C)C)CC2)CC1. The Bertz CT molecular complexity index is 878. The van der Waals surface area contributed by atoms with Crippen LogP contribution in [-0.4, -0.2) is 65.5 Å². The number of nitrogens with zero attached hydrogens (tertiary/aromatic N) is 3. The predicted molar refractivity (Wildman–Crippen MR) is 129 cm³/mol. The molecule has 196 valence electrons. The number of carbonyl (C=O) groups is 1. The fraction of sp³-hybridized carbons (Fsp3) is 0.692. The highest BCUT2D eigenvalue weighted by atomic mass is 19.4. The maximum Gasteiger partial charge on any atom is 0.416 e. The van der Waals surface area contributed by atoms with Crippen molar-refractivity contribution in [2.75, 3.05) is 32.8 Å². The second kappa shape index (κ2) is 10.8. The smallest absolute Gasteiger partial charge is 0.416 e. The van der Waals surface area contributed by atoms with Gasteiger partial charge < -0.3 is 14.5 Å². The molecule has 3 rings (SSSR count). The van der Waals surface area contributed by atoms with Gasteiger partial charge in [-0.3, -0.25) is 4.90 Å². The van der Waals surface area contributed by atoms with Gasteiger partial charge in [0.05, 0.1) is 11.3 Å². The molecule has 0 aromatic heterocycles. The molecule has 1 amide bonds. The van der Waals surface area contributed by atoms with E-state index < -0.39 is 17.3 Å². The molecule has 2 aliphatic rings. The third kappa shape index (κ3) is 7.12. The van der Waals surface area contributed by atoms with Crippen LogP contribution in [0, 0.1) is 5.92 Å². The minimum atomic E-state index is -4.37. The zero-order valence-corrected chi connectivity index (χ0v) is 21.5. The average Bonchev–Trinajstić information content (AvgIpc) is 2.79. The Kier molecular flexibility index (Phi) is 8.40. The lowest BCUT2D eigenvalue weighted by Gasteiger charge is -2.49. The van der Waals surface area contributed by atoms with Crippen molar-refractivity contribution in [3.63, 3.8) is 0 Å². The quantitative estimate of drug-likeness (QED) is 0.373. The molecule has 1 aromatic rings. The summed E-state index contributed by atoms with van der Waals surface area (Å²) in [6.07, 6.45) is -1.19. The van der Waals surface area contributed by atoms with Crippen molar-refractivity contribution in [1.82, 2.24) is 9.80 Å². The lowest BCUT2D eigenvalue weighted by molar-refractivity contribution is -0.137. The van der Waals surface area contributed by atoms with E-state index in [0.717, 1.165) is 50.9 Å². The molecule has 2 fully saturated rings. The van der Waals surface area contributed by atoms with Gasteiger partial charge >= 0.3 is 12.3 Å². The Hall–Kier alpha value is -2.29. The normalized spacial score (nSPS) is 20.6. The number of amides is 1. The molecule has 0 bridgehead atoms. The first-order valence-electron chi connectivity index (χ1n) is 12.4. The van der Waals surface area contributed by atoms with Crippen molar-refractivity contribution in [1.29, 1.82) is 0 Å². The number of oxime groups is 1. The highest BCUT2D eigenvalue weighted by Crippen LogP contribution is 2.35. The third-order valence-electron chi connectivity index (χ3n) is 6.94. The van der Waals surface area contributed by atoms with Crippen LogP contribution < -0.4 is 0 Å². The van der Waals surface area contributed by atoms with Crippen LogP contribution in [-0.2, 0) is 15.8 Å². The highest BCUT2D eigenvalue weighted by Gasteiger charge is 2.40. The molecule has 1 aromatic carbocycles. The monoisotopic (exact) mass is 497 g/mol. The summed E-state index contributed by atoms with van der Waals surface area (Å²) < 4.78 is 44.5. The Morgan fingerprint density at radius 2 is 1.63 bits per heavy atom. The number of benzene rings is 1. The van der Waals surface area contributed by atoms with Crippen LogP contribution in [0.2, 0.25) is 0 Å². The molecule has 2 saturated heterocycles. The molecule has 6 nitrogen and oxygen atoms in total. The van der Waals surface area contributed by atoms with Crippen LogP contribution in [0.3, 0.4) is 0 Å². The van der Waals surface area contributed by atoms with E-state index in [1.807, 2.05) is 27.7 Å². The van der Waals surface area contributed by atoms with Gasteiger partial charge in [-0.25, -0.2) is 4.79 Å². The van der Waals surface area contributed by atoms with Gasteiger partial charge in [0.1, 0.15) is 12.2 Å². The van der Waals surface area contributed by atoms with Gasteiger partial charge in [-0.1, -0.05) is 17.3 Å². The van der Waals surface area contributed by atoms with Gasteiger partial charge in [0.2, 0.25) is 0 Å². The molecular weight excluding hydrogens is 459 g/mol. The van der Waals surface area contributed by atoms with Gasteiger partial charge in [0.15, 0.2) is 0 Å². The molecule has 0 atom stereocenters. The van der Waals surface area contributed by atoms with Gasteiger partial charge in [0, 0.05) is 24.5 Å². The van der Waals surface area contributed by atoms with Crippen molar-refractivity contribution in [2.45, 2.75) is 77.6 Å². The number of piperidine rings is 2. The number of halogens is 3. The summed E-state index contributed by atoms with van der Waals surface area (Å²) in [5.74, 6) is 0.111. The van der Waals surface area contributed by atoms with Gasteiger partial charge in [-0.05, 0) is 91.1 Å². The van der Waals surface area contributed by atoms with Gasteiger partial charge in [-0.2, -0.15) is 13.2 Å². The Labute approximate surface area is 206 Å². The van der Waals surface area contributed by atoms with E-state index in [1.54, 1.807) is 4.90 Å². The minimum absolute atomic E-state index is 0.00490. The summed E-state index contributed by atoms with van der Waals surface area (Å²) in [4.78, 5) is 22.0. The summed E-state index contributed by atoms with van der Waals surface area (Å²) in [7, 11) is 0. The molecule has 0 saturated carbocycles. The van der Waals surface area contributed by atoms with E-state index in [1.165, 1.54) is 12.1 Å². The second-order valence-corrected chi connectivity index (χ2v) is 10.7. The van der Waals surface area contributed by atoms with Crippen LogP contribution in [0.15, 0.2) is 29.4 Å². The van der Waals surface area contributed by atoms with Crippen LogP contribution in [0.1, 0.15) is 71.4 Å². The van der Waals surface area contributed by atoms with Crippen molar-refractivity contribution in [2.24, 2.45) is 11.1 Å². The first kappa shape index (κ1) is 27.3. The van der Waals surface area contributed by atoms with Crippen molar-refractivity contribution in [3.05, 3.63) is 35.4 Å². The van der Waals surface area contributed by atoms with E-state index in [9.17, 15) is 18.0 Å². The highest BCUT2D eigenvalue weighted by molar-refractivity contribution is 6.02. The zero-order chi connectivity index (χ0) is 25.9. The van der Waals surface area contributed by atoms with Crippen LogP contribution >= 0.6 is 0 Å². The van der Waals surface area contributed by atoms with Crippen LogP contribution in [0.4, 0.5) is 18.0 Å². The summed E-state index contributed by atoms with van der Waals surface area (Å²) in [6.45, 7) is 13.1. The first-order valence-corrected chi connectivity index (χ1v) is 12.4. The van der Waals surface area contributed by atoms with E-state index in [0.29, 0.717) is 31.0 Å². The number of alkyl halides is 3. The maximum absolute atomic E-state index is 13.0. The molecule has 2 heterocycles. The first-order chi connectivity index (χ1) is 16.3. The summed E-state index contributed by atoms with van der Waals surface area (Å²) >= 11 is 0. The molecule has 0 radical (unpaired) electrons. The number of likely N-dealkylation sites (tertiary alicyclic amines) is 2. The number of hydrogen-bond donors (Lipinski definition) is 0. The third-order valence-corrected chi connectivity index (χ3v) is 6.94. The van der Waals surface area contributed by atoms with E-state index in [4.69, 9.17) is 9.57 Å². The molecule has 0 aliphatic carbocycles. The predicted octanol–water partition coefficient (Wildman–Crippen LogP) is 5.95. The van der Waals surface area contributed by atoms with E-state index in [-0.39, 0.29) is 17.6 Å². The molecule has 0 spiro atoms. The lowest BCUT2D eigenvalue weighted by Crippen LogP contribution is -2.57. The summed E-state index contributed by atoms with van der Waals surface area (Å²) in [5, 5.41) is 4.30. The molecular formula is C26H38F3N3O3. The minimum Gasteiger partial charge on any atom is -0.444 e. The Balaban J connectivity index is 1.61. The standard InChI is InChI=1S/C26H38F3N3O3/c1-6-34-30-22(19-7-9-21(10-8-19)26(27,28)29)20-11-15-32(16-12-20)25(5)13-17-31(18-14-25)23(33)35-24(2,3)4/h7-10,20H,6,11-18H2,1-5H3/b30-22-. The van der Waals surface area contributed by atoms with Crippen molar-refractivity contribution >= 4 is 11.8 Å².